The average molecular weight is 346 g/mol. The highest BCUT2D eigenvalue weighted by atomic mass is 32.2. The number of aryl methyl sites for hydroxylation is 1. The second-order valence-electron chi connectivity index (χ2n) is 6.13. The summed E-state index contributed by atoms with van der Waals surface area (Å²) in [7, 11) is -4.04. The molecule has 2 fully saturated rings. The zero-order valence-electron chi connectivity index (χ0n) is 12.9. The average Bonchev–Trinajstić information content (AvgIpc) is 2.96. The van der Waals surface area contributed by atoms with E-state index in [-0.39, 0.29) is 18.2 Å². The minimum absolute atomic E-state index is 0.0709. The molecule has 2 heterocycles. The first-order valence-corrected chi connectivity index (χ1v) is 9.16. The number of nitrogens with zero attached hydrogens (tertiary/aromatic N) is 1. The number of fused-ring (bicyclic) bond motifs is 1. The van der Waals surface area contributed by atoms with Crippen molar-refractivity contribution >= 4 is 10.0 Å². The largest absolute Gasteiger partial charge is 0.374 e. The minimum Gasteiger partial charge on any atom is -0.374 e. The molecule has 0 spiro atoms. The standard InChI is InChI=1S/C15H20F2N2O3S/c1-10-5-15(14(17)6-13(10)16)23(20,21)18-7-12-8-19-4-2-3-11(19)9-22-12/h5-6,11-12,18H,2-4,7-9H2,1H3. The van der Waals surface area contributed by atoms with Crippen LogP contribution in [-0.4, -0.2) is 51.7 Å². The molecule has 128 valence electrons. The molecule has 1 aromatic carbocycles. The van der Waals surface area contributed by atoms with Crippen LogP contribution in [0.2, 0.25) is 0 Å². The molecule has 0 aromatic heterocycles. The third-order valence-electron chi connectivity index (χ3n) is 4.47. The van der Waals surface area contributed by atoms with Gasteiger partial charge in [-0.15, -0.1) is 0 Å². The van der Waals surface area contributed by atoms with Crippen molar-refractivity contribution in [2.24, 2.45) is 0 Å². The van der Waals surface area contributed by atoms with Crippen molar-refractivity contribution in [1.29, 1.82) is 0 Å². The number of morpholine rings is 1. The first kappa shape index (κ1) is 16.8. The van der Waals surface area contributed by atoms with Crippen molar-refractivity contribution in [2.75, 3.05) is 26.2 Å². The molecular weight excluding hydrogens is 326 g/mol. The van der Waals surface area contributed by atoms with Crippen LogP contribution >= 0.6 is 0 Å². The Morgan fingerprint density at radius 2 is 2.13 bits per heavy atom. The summed E-state index contributed by atoms with van der Waals surface area (Å²) in [4.78, 5) is 1.76. The molecule has 8 heteroatoms. The van der Waals surface area contributed by atoms with Crippen LogP contribution in [-0.2, 0) is 14.8 Å². The monoisotopic (exact) mass is 346 g/mol. The third kappa shape index (κ3) is 3.55. The predicted octanol–water partition coefficient (Wildman–Crippen LogP) is 1.41. The molecule has 0 radical (unpaired) electrons. The second kappa shape index (κ2) is 6.43. The van der Waals surface area contributed by atoms with Crippen LogP contribution in [0.15, 0.2) is 17.0 Å². The Bertz CT molecular complexity index is 696. The first-order valence-electron chi connectivity index (χ1n) is 7.68. The summed E-state index contributed by atoms with van der Waals surface area (Å²) in [6.07, 6.45) is 1.98. The molecule has 1 N–H and O–H groups in total. The van der Waals surface area contributed by atoms with E-state index in [9.17, 15) is 17.2 Å². The zero-order valence-corrected chi connectivity index (χ0v) is 13.7. The van der Waals surface area contributed by atoms with Crippen LogP contribution in [0, 0.1) is 18.6 Å². The number of hydrogen-bond acceptors (Lipinski definition) is 4. The summed E-state index contributed by atoms with van der Waals surface area (Å²) in [5.74, 6) is -1.86. The molecule has 2 aliphatic rings. The summed E-state index contributed by atoms with van der Waals surface area (Å²) >= 11 is 0. The summed E-state index contributed by atoms with van der Waals surface area (Å²) in [5.41, 5.74) is 0.0839. The molecule has 2 aliphatic heterocycles. The molecule has 2 unspecified atom stereocenters. The fourth-order valence-corrected chi connectivity index (χ4v) is 4.33. The Morgan fingerprint density at radius 3 is 2.91 bits per heavy atom. The molecule has 0 aliphatic carbocycles. The Balaban J connectivity index is 1.66. The van der Waals surface area contributed by atoms with Gasteiger partial charge < -0.3 is 4.74 Å². The minimum atomic E-state index is -4.04. The van der Waals surface area contributed by atoms with E-state index in [2.05, 4.69) is 9.62 Å². The Kier molecular flexibility index (Phi) is 4.68. The molecule has 2 saturated heterocycles. The van der Waals surface area contributed by atoms with E-state index >= 15 is 0 Å². The summed E-state index contributed by atoms with van der Waals surface area (Å²) in [5, 5.41) is 0. The van der Waals surface area contributed by atoms with Crippen LogP contribution in [0.25, 0.3) is 0 Å². The van der Waals surface area contributed by atoms with E-state index in [1.54, 1.807) is 0 Å². The van der Waals surface area contributed by atoms with Crippen molar-refractivity contribution in [2.45, 2.75) is 36.8 Å². The van der Waals surface area contributed by atoms with Gasteiger partial charge in [0.2, 0.25) is 10.0 Å². The zero-order chi connectivity index (χ0) is 16.6. The summed E-state index contributed by atoms with van der Waals surface area (Å²) in [6.45, 7) is 3.73. The predicted molar refractivity (Wildman–Crippen MR) is 80.6 cm³/mol. The van der Waals surface area contributed by atoms with E-state index in [1.807, 2.05) is 0 Å². The van der Waals surface area contributed by atoms with Crippen LogP contribution in [0.3, 0.4) is 0 Å². The van der Waals surface area contributed by atoms with Gasteiger partial charge in [-0.25, -0.2) is 21.9 Å². The number of hydrogen-bond donors (Lipinski definition) is 1. The van der Waals surface area contributed by atoms with E-state index in [0.29, 0.717) is 25.3 Å². The van der Waals surface area contributed by atoms with E-state index < -0.39 is 26.6 Å². The highest BCUT2D eigenvalue weighted by molar-refractivity contribution is 7.89. The van der Waals surface area contributed by atoms with Gasteiger partial charge in [-0.3, -0.25) is 4.90 Å². The summed E-state index contributed by atoms with van der Waals surface area (Å²) < 4.78 is 59.6. The fraction of sp³-hybridized carbons (Fsp3) is 0.600. The van der Waals surface area contributed by atoms with Crippen molar-refractivity contribution in [3.63, 3.8) is 0 Å². The molecule has 5 nitrogen and oxygen atoms in total. The highest BCUT2D eigenvalue weighted by Gasteiger charge is 2.33. The van der Waals surface area contributed by atoms with Gasteiger partial charge in [0.15, 0.2) is 0 Å². The topological polar surface area (TPSA) is 58.6 Å². The van der Waals surface area contributed by atoms with Gasteiger partial charge in [-0.1, -0.05) is 0 Å². The van der Waals surface area contributed by atoms with Gasteiger partial charge in [0.05, 0.1) is 12.7 Å². The number of rotatable bonds is 4. The molecule has 2 atom stereocenters. The van der Waals surface area contributed by atoms with Gasteiger partial charge >= 0.3 is 0 Å². The van der Waals surface area contributed by atoms with Gasteiger partial charge in [0.25, 0.3) is 0 Å². The van der Waals surface area contributed by atoms with Gasteiger partial charge in [-0.2, -0.15) is 0 Å². The second-order valence-corrected chi connectivity index (χ2v) is 7.87. The van der Waals surface area contributed by atoms with Gasteiger partial charge in [0.1, 0.15) is 16.5 Å². The quantitative estimate of drug-likeness (QED) is 0.896. The van der Waals surface area contributed by atoms with Crippen LogP contribution < -0.4 is 4.72 Å². The van der Waals surface area contributed by atoms with Crippen LogP contribution in [0.4, 0.5) is 8.78 Å². The van der Waals surface area contributed by atoms with E-state index in [0.717, 1.165) is 25.5 Å². The molecule has 0 bridgehead atoms. The van der Waals surface area contributed by atoms with Crippen molar-refractivity contribution < 1.29 is 21.9 Å². The lowest BCUT2D eigenvalue weighted by Gasteiger charge is -2.35. The van der Waals surface area contributed by atoms with Gasteiger partial charge in [0, 0.05) is 25.2 Å². The maximum absolute atomic E-state index is 13.8. The summed E-state index contributed by atoms with van der Waals surface area (Å²) in [6, 6.07) is 2.03. The normalized spacial score (nSPS) is 25.5. The number of ether oxygens (including phenoxy) is 1. The SMILES string of the molecule is Cc1cc(S(=O)(=O)NCC2CN3CCCC3CO2)c(F)cc1F. The van der Waals surface area contributed by atoms with Crippen molar-refractivity contribution in [3.05, 3.63) is 29.3 Å². The van der Waals surface area contributed by atoms with Crippen molar-refractivity contribution in [1.82, 2.24) is 9.62 Å². The molecule has 3 rings (SSSR count). The number of nitrogens with one attached hydrogen (secondary N) is 1. The molecular formula is C15H20F2N2O3S. The van der Waals surface area contributed by atoms with Crippen LogP contribution in [0.1, 0.15) is 18.4 Å². The first-order chi connectivity index (χ1) is 10.9. The Morgan fingerprint density at radius 1 is 1.35 bits per heavy atom. The molecule has 0 amide bonds. The Hall–Kier alpha value is -1.09. The number of sulfonamides is 1. The lowest BCUT2D eigenvalue weighted by Crippen LogP contribution is -2.50. The van der Waals surface area contributed by atoms with E-state index in [1.165, 1.54) is 6.92 Å². The molecule has 0 saturated carbocycles. The smallest absolute Gasteiger partial charge is 0.243 e. The van der Waals surface area contributed by atoms with Crippen LogP contribution in [0.5, 0.6) is 0 Å². The fourth-order valence-electron chi connectivity index (χ4n) is 3.13. The lowest BCUT2D eigenvalue weighted by molar-refractivity contribution is -0.0449. The van der Waals surface area contributed by atoms with Gasteiger partial charge in [-0.05, 0) is 37.9 Å². The number of benzene rings is 1. The van der Waals surface area contributed by atoms with Crippen molar-refractivity contribution in [3.8, 4) is 0 Å². The maximum atomic E-state index is 13.8. The third-order valence-corrected chi connectivity index (χ3v) is 5.90. The number of halogens is 2. The highest BCUT2D eigenvalue weighted by Crippen LogP contribution is 2.23. The lowest BCUT2D eigenvalue weighted by atomic mass is 10.2. The molecule has 23 heavy (non-hydrogen) atoms. The molecule has 1 aromatic rings. The van der Waals surface area contributed by atoms with E-state index in [4.69, 9.17) is 4.74 Å². The maximum Gasteiger partial charge on any atom is 0.243 e. The Labute approximate surface area is 134 Å².